The van der Waals surface area contributed by atoms with E-state index in [-0.39, 0.29) is 10.5 Å². The van der Waals surface area contributed by atoms with Crippen molar-refractivity contribution < 1.29 is 0 Å². The third-order valence-electron chi connectivity index (χ3n) is 2.26. The largest absolute Gasteiger partial charge is 0.347 e. The Morgan fingerprint density at radius 1 is 1.44 bits per heavy atom. The molecule has 0 bridgehead atoms. The number of aromatic nitrogens is 3. The third-order valence-corrected chi connectivity index (χ3v) is 2.55. The lowest BCUT2D eigenvalue weighted by Crippen LogP contribution is -2.16. The molecule has 0 saturated heterocycles. The normalized spacial score (nSPS) is 10.0. The third kappa shape index (κ3) is 1.57. The molecule has 0 aliphatic carbocycles. The van der Waals surface area contributed by atoms with E-state index in [0.717, 1.165) is 5.56 Å². The van der Waals surface area contributed by atoms with Crippen molar-refractivity contribution in [1.29, 1.82) is 5.26 Å². The molecular weight excluding hydrogens is 224 g/mol. The number of nitriles is 1. The first-order valence-electron chi connectivity index (χ1n) is 4.54. The molecule has 0 unspecified atom stereocenters. The molecule has 1 aromatic carbocycles. The first-order chi connectivity index (χ1) is 7.63. The Kier molecular flexibility index (Phi) is 2.46. The molecule has 5 nitrogen and oxygen atoms in total. The van der Waals surface area contributed by atoms with Crippen molar-refractivity contribution in [2.45, 2.75) is 6.92 Å². The smallest absolute Gasteiger partial charge is 0.272 e. The summed E-state index contributed by atoms with van der Waals surface area (Å²) in [5.41, 5.74) is 1.64. The SMILES string of the molecule is Cc1ccc(C#N)cc1-n1c(=O)[nH][nH]c1=S. The van der Waals surface area contributed by atoms with Gasteiger partial charge in [0.05, 0.1) is 17.3 Å². The summed E-state index contributed by atoms with van der Waals surface area (Å²) in [6.45, 7) is 1.85. The van der Waals surface area contributed by atoms with Crippen molar-refractivity contribution in [3.8, 4) is 11.8 Å². The zero-order valence-electron chi connectivity index (χ0n) is 8.44. The van der Waals surface area contributed by atoms with Gasteiger partial charge in [0.15, 0.2) is 0 Å². The van der Waals surface area contributed by atoms with E-state index < -0.39 is 0 Å². The van der Waals surface area contributed by atoms with Gasteiger partial charge < -0.3 is 0 Å². The molecule has 0 radical (unpaired) electrons. The lowest BCUT2D eigenvalue weighted by Gasteiger charge is -2.04. The number of hydrogen-bond donors (Lipinski definition) is 2. The highest BCUT2D eigenvalue weighted by Crippen LogP contribution is 2.14. The molecule has 1 heterocycles. The van der Waals surface area contributed by atoms with Gasteiger partial charge in [-0.25, -0.2) is 14.5 Å². The quantitative estimate of drug-likeness (QED) is 0.729. The molecule has 0 atom stereocenters. The van der Waals surface area contributed by atoms with Gasteiger partial charge in [-0.15, -0.1) is 0 Å². The highest BCUT2D eigenvalue weighted by molar-refractivity contribution is 7.71. The molecule has 0 saturated carbocycles. The van der Waals surface area contributed by atoms with Gasteiger partial charge in [0.25, 0.3) is 0 Å². The minimum absolute atomic E-state index is 0.281. The second kappa shape index (κ2) is 3.79. The van der Waals surface area contributed by atoms with Gasteiger partial charge in [-0.1, -0.05) is 6.07 Å². The number of benzene rings is 1. The predicted molar refractivity (Wildman–Crippen MR) is 61.0 cm³/mol. The summed E-state index contributed by atoms with van der Waals surface area (Å²) in [5, 5.41) is 13.8. The van der Waals surface area contributed by atoms with E-state index >= 15 is 0 Å². The minimum Gasteiger partial charge on any atom is -0.272 e. The van der Waals surface area contributed by atoms with Crippen molar-refractivity contribution in [3.63, 3.8) is 0 Å². The number of aromatic amines is 2. The Hall–Kier alpha value is -2.13. The Morgan fingerprint density at radius 3 is 2.75 bits per heavy atom. The van der Waals surface area contributed by atoms with Crippen LogP contribution in [0.3, 0.4) is 0 Å². The second-order valence-corrected chi connectivity index (χ2v) is 3.70. The Morgan fingerprint density at radius 2 is 2.19 bits per heavy atom. The fourth-order valence-corrected chi connectivity index (χ4v) is 1.68. The van der Waals surface area contributed by atoms with Crippen molar-refractivity contribution in [2.75, 3.05) is 0 Å². The van der Waals surface area contributed by atoms with Crippen LogP contribution in [0.25, 0.3) is 5.69 Å². The van der Waals surface area contributed by atoms with Crippen molar-refractivity contribution in [2.24, 2.45) is 0 Å². The monoisotopic (exact) mass is 232 g/mol. The number of nitrogens with zero attached hydrogens (tertiary/aromatic N) is 2. The Balaban J connectivity index is 2.79. The summed E-state index contributed by atoms with van der Waals surface area (Å²) in [6.07, 6.45) is 0. The molecule has 2 rings (SSSR count). The molecule has 0 aliphatic rings. The second-order valence-electron chi connectivity index (χ2n) is 3.31. The number of nitrogens with one attached hydrogen (secondary N) is 2. The van der Waals surface area contributed by atoms with E-state index in [0.29, 0.717) is 11.3 Å². The maximum Gasteiger partial charge on any atom is 0.347 e. The van der Waals surface area contributed by atoms with Gasteiger partial charge in [0.2, 0.25) is 4.77 Å². The zero-order valence-corrected chi connectivity index (χ0v) is 9.26. The molecule has 0 aliphatic heterocycles. The van der Waals surface area contributed by atoms with Crippen LogP contribution in [0.2, 0.25) is 0 Å². The molecule has 0 fully saturated rings. The van der Waals surface area contributed by atoms with Crippen LogP contribution in [-0.2, 0) is 0 Å². The summed E-state index contributed by atoms with van der Waals surface area (Å²) in [6, 6.07) is 7.14. The topological polar surface area (TPSA) is 77.4 Å². The van der Waals surface area contributed by atoms with Gasteiger partial charge >= 0.3 is 5.69 Å². The standard InChI is InChI=1S/C10H8N4OS/c1-6-2-3-7(5-11)4-8(6)14-9(15)12-13-10(14)16/h2-4H,1H3,(H,12,15)(H,13,16). The maximum atomic E-state index is 11.5. The molecule has 2 N–H and O–H groups in total. The molecule has 16 heavy (non-hydrogen) atoms. The van der Waals surface area contributed by atoms with Crippen molar-refractivity contribution >= 4 is 12.2 Å². The summed E-state index contributed by atoms with van der Waals surface area (Å²) in [5.74, 6) is 0. The van der Waals surface area contributed by atoms with Crippen LogP contribution in [0.5, 0.6) is 0 Å². The summed E-state index contributed by atoms with van der Waals surface area (Å²) < 4.78 is 1.61. The molecule has 6 heteroatoms. The van der Waals surface area contributed by atoms with Crippen LogP contribution >= 0.6 is 12.2 Å². The number of aryl methyl sites for hydroxylation is 1. The fraction of sp³-hybridized carbons (Fsp3) is 0.100. The summed E-state index contributed by atoms with van der Waals surface area (Å²) in [4.78, 5) is 11.5. The number of hydrogen-bond acceptors (Lipinski definition) is 3. The molecule has 0 amide bonds. The van der Waals surface area contributed by atoms with Gasteiger partial charge in [0.1, 0.15) is 0 Å². The van der Waals surface area contributed by atoms with E-state index in [2.05, 4.69) is 10.2 Å². The number of H-pyrrole nitrogens is 2. The highest BCUT2D eigenvalue weighted by Gasteiger charge is 2.07. The average Bonchev–Trinajstić information content (AvgIpc) is 2.60. The maximum absolute atomic E-state index is 11.5. The molecule has 2 aromatic rings. The fourth-order valence-electron chi connectivity index (χ4n) is 1.45. The van der Waals surface area contributed by atoms with Gasteiger partial charge in [-0.3, -0.25) is 5.10 Å². The predicted octanol–water partition coefficient (Wildman–Crippen LogP) is 1.40. The van der Waals surface area contributed by atoms with Crippen molar-refractivity contribution in [3.05, 3.63) is 44.6 Å². The van der Waals surface area contributed by atoms with Crippen LogP contribution in [0.1, 0.15) is 11.1 Å². The van der Waals surface area contributed by atoms with E-state index in [1.54, 1.807) is 18.2 Å². The first kappa shape index (κ1) is 10.4. The van der Waals surface area contributed by atoms with Crippen LogP contribution in [0.15, 0.2) is 23.0 Å². The molecular formula is C10H8N4OS. The average molecular weight is 232 g/mol. The lowest BCUT2D eigenvalue weighted by molar-refractivity contribution is 0.963. The van der Waals surface area contributed by atoms with Crippen LogP contribution in [0.4, 0.5) is 0 Å². The van der Waals surface area contributed by atoms with Gasteiger partial charge in [-0.05, 0) is 36.8 Å². The van der Waals surface area contributed by atoms with Crippen LogP contribution in [0, 0.1) is 23.0 Å². The number of rotatable bonds is 1. The van der Waals surface area contributed by atoms with E-state index in [9.17, 15) is 4.79 Å². The molecule has 80 valence electrons. The van der Waals surface area contributed by atoms with E-state index in [1.165, 1.54) is 4.57 Å². The Labute approximate surface area is 96.0 Å². The molecule has 0 spiro atoms. The van der Waals surface area contributed by atoms with Gasteiger partial charge in [-0.2, -0.15) is 5.26 Å². The van der Waals surface area contributed by atoms with Gasteiger partial charge in [0, 0.05) is 0 Å². The summed E-state index contributed by atoms with van der Waals surface area (Å²) in [7, 11) is 0. The van der Waals surface area contributed by atoms with Crippen LogP contribution in [-0.4, -0.2) is 14.8 Å². The van der Waals surface area contributed by atoms with E-state index in [4.69, 9.17) is 17.5 Å². The van der Waals surface area contributed by atoms with E-state index in [1.807, 2.05) is 13.0 Å². The summed E-state index contributed by atoms with van der Waals surface area (Å²) >= 11 is 4.99. The highest BCUT2D eigenvalue weighted by atomic mass is 32.1. The first-order valence-corrected chi connectivity index (χ1v) is 4.95. The molecule has 1 aromatic heterocycles. The van der Waals surface area contributed by atoms with Crippen LogP contribution < -0.4 is 5.69 Å². The van der Waals surface area contributed by atoms with Crippen molar-refractivity contribution in [1.82, 2.24) is 14.8 Å². The minimum atomic E-state index is -0.344. The zero-order chi connectivity index (χ0) is 11.7. The lowest BCUT2D eigenvalue weighted by atomic mass is 10.1. The Bertz CT molecular complexity index is 658.